The number of carbonyl (C=O) groups excluding carboxylic acids is 2. The smallest absolute Gasteiger partial charge is 0.309 e. The summed E-state index contributed by atoms with van der Waals surface area (Å²) >= 11 is 0. The molecule has 0 saturated carbocycles. The third-order valence-corrected chi connectivity index (χ3v) is 6.65. The minimum Gasteiger partial charge on any atom is -0.454 e. The third kappa shape index (κ3) is 4.93. The molecule has 2 aliphatic rings. The van der Waals surface area contributed by atoms with Crippen molar-refractivity contribution < 1.29 is 19.1 Å². The molecule has 3 aromatic carbocycles. The van der Waals surface area contributed by atoms with Crippen LogP contribution in [0.3, 0.4) is 0 Å². The Balaban J connectivity index is 1.26. The lowest BCUT2D eigenvalue weighted by molar-refractivity contribution is -0.139. The van der Waals surface area contributed by atoms with E-state index in [9.17, 15) is 9.59 Å². The predicted molar refractivity (Wildman–Crippen MR) is 138 cm³/mol. The number of fused-ring (bicyclic) bond motifs is 2. The maximum absolute atomic E-state index is 12.7. The lowest BCUT2D eigenvalue weighted by atomic mass is 10.0. The van der Waals surface area contributed by atoms with Gasteiger partial charge in [0.25, 0.3) is 0 Å². The first kappa shape index (κ1) is 23.5. The van der Waals surface area contributed by atoms with Crippen LogP contribution in [0.5, 0.6) is 11.5 Å². The first-order valence-electron chi connectivity index (χ1n) is 12.1. The van der Waals surface area contributed by atoms with Gasteiger partial charge in [-0.25, -0.2) is 0 Å². The van der Waals surface area contributed by atoms with Gasteiger partial charge in [0.2, 0.25) is 6.79 Å². The summed E-state index contributed by atoms with van der Waals surface area (Å²) in [6.07, 6.45) is 0.951. The van der Waals surface area contributed by atoms with Gasteiger partial charge < -0.3 is 29.9 Å². The second kappa shape index (κ2) is 10.2. The summed E-state index contributed by atoms with van der Waals surface area (Å²) in [5.74, 6) is -0.00878. The molecule has 1 unspecified atom stereocenters. The molecule has 0 spiro atoms. The van der Waals surface area contributed by atoms with Crippen LogP contribution in [0.4, 0.5) is 11.4 Å². The van der Waals surface area contributed by atoms with Gasteiger partial charge in [0.15, 0.2) is 11.5 Å². The number of ether oxygens (including phenoxy) is 2. The number of nitrogens with zero attached hydrogens (tertiary/aromatic N) is 2. The zero-order valence-corrected chi connectivity index (χ0v) is 20.5. The van der Waals surface area contributed by atoms with Crippen LogP contribution in [0.25, 0.3) is 0 Å². The fraction of sp³-hybridized carbons (Fsp3) is 0.286. The molecule has 2 heterocycles. The van der Waals surface area contributed by atoms with Crippen LogP contribution in [0.15, 0.2) is 66.7 Å². The van der Waals surface area contributed by atoms with Crippen molar-refractivity contribution in [3.63, 3.8) is 0 Å². The third-order valence-electron chi connectivity index (χ3n) is 6.65. The number of carbonyl (C=O) groups is 2. The maximum atomic E-state index is 12.7. The Hall–Kier alpha value is -4.20. The minimum absolute atomic E-state index is 0.101. The van der Waals surface area contributed by atoms with Crippen LogP contribution in [0, 0.1) is 0 Å². The number of anilines is 2. The minimum atomic E-state index is -0.670. The van der Waals surface area contributed by atoms with Crippen molar-refractivity contribution in [2.45, 2.75) is 19.0 Å². The molecule has 0 fully saturated rings. The Bertz CT molecular complexity index is 1260. The van der Waals surface area contributed by atoms with Crippen LogP contribution in [-0.4, -0.2) is 45.8 Å². The summed E-state index contributed by atoms with van der Waals surface area (Å²) in [5.41, 5.74) is 5.47. The van der Waals surface area contributed by atoms with E-state index < -0.39 is 11.8 Å². The molecular formula is C28H30N4O4. The largest absolute Gasteiger partial charge is 0.454 e. The topological polar surface area (TPSA) is 83.1 Å². The first-order chi connectivity index (χ1) is 17.5. The molecular weight excluding hydrogens is 456 g/mol. The van der Waals surface area contributed by atoms with Gasteiger partial charge >= 0.3 is 11.8 Å². The molecule has 8 nitrogen and oxygen atoms in total. The van der Waals surface area contributed by atoms with E-state index in [0.29, 0.717) is 18.0 Å². The van der Waals surface area contributed by atoms with E-state index in [0.717, 1.165) is 29.8 Å². The number of nitrogens with one attached hydrogen (secondary N) is 2. The molecule has 2 aliphatic heterocycles. The Kier molecular flexibility index (Phi) is 6.66. The summed E-state index contributed by atoms with van der Waals surface area (Å²) in [7, 11) is 4.01. The van der Waals surface area contributed by atoms with E-state index in [-0.39, 0.29) is 19.4 Å². The lowest BCUT2D eigenvalue weighted by Crippen LogP contribution is -2.43. The summed E-state index contributed by atoms with van der Waals surface area (Å²) in [6.45, 7) is 1.57. The van der Waals surface area contributed by atoms with E-state index in [1.165, 1.54) is 11.3 Å². The van der Waals surface area contributed by atoms with Gasteiger partial charge in [-0.1, -0.05) is 36.4 Å². The molecule has 3 aromatic rings. The van der Waals surface area contributed by atoms with Crippen molar-refractivity contribution in [2.75, 3.05) is 43.8 Å². The first-order valence-corrected chi connectivity index (χ1v) is 12.1. The molecule has 186 valence electrons. The number of amides is 2. The normalized spacial score (nSPS) is 14.2. The van der Waals surface area contributed by atoms with E-state index in [1.807, 2.05) is 26.2 Å². The van der Waals surface area contributed by atoms with Gasteiger partial charge in [-0.05, 0) is 53.4 Å². The summed E-state index contributed by atoms with van der Waals surface area (Å²) in [4.78, 5) is 29.6. The van der Waals surface area contributed by atoms with Crippen molar-refractivity contribution in [3.8, 4) is 11.5 Å². The number of benzene rings is 3. The van der Waals surface area contributed by atoms with Crippen molar-refractivity contribution in [2.24, 2.45) is 0 Å². The molecule has 2 amide bonds. The average Bonchev–Trinajstić information content (AvgIpc) is 3.54. The molecule has 36 heavy (non-hydrogen) atoms. The molecule has 0 bridgehead atoms. The molecule has 5 rings (SSSR count). The fourth-order valence-electron chi connectivity index (χ4n) is 4.67. The van der Waals surface area contributed by atoms with Crippen LogP contribution in [0.1, 0.15) is 22.7 Å². The highest BCUT2D eigenvalue weighted by molar-refractivity contribution is 6.35. The van der Waals surface area contributed by atoms with Gasteiger partial charge in [-0.3, -0.25) is 9.59 Å². The van der Waals surface area contributed by atoms with Gasteiger partial charge in [0, 0.05) is 45.1 Å². The van der Waals surface area contributed by atoms with Gasteiger partial charge in [0.05, 0.1) is 6.04 Å². The highest BCUT2D eigenvalue weighted by atomic mass is 16.7. The second-order valence-electron chi connectivity index (χ2n) is 9.15. The molecule has 2 N–H and O–H groups in total. The molecule has 0 saturated heterocycles. The van der Waals surface area contributed by atoms with E-state index in [1.54, 1.807) is 12.1 Å². The van der Waals surface area contributed by atoms with E-state index in [2.05, 4.69) is 62.9 Å². The fourth-order valence-corrected chi connectivity index (χ4v) is 4.67. The van der Waals surface area contributed by atoms with Crippen molar-refractivity contribution in [1.82, 2.24) is 10.6 Å². The van der Waals surface area contributed by atoms with Crippen molar-refractivity contribution >= 4 is 23.2 Å². The van der Waals surface area contributed by atoms with Crippen LogP contribution in [-0.2, 0) is 22.6 Å². The Morgan fingerprint density at radius 3 is 2.50 bits per heavy atom. The van der Waals surface area contributed by atoms with Crippen LogP contribution in [0.2, 0.25) is 0 Å². The van der Waals surface area contributed by atoms with E-state index in [4.69, 9.17) is 9.47 Å². The van der Waals surface area contributed by atoms with E-state index >= 15 is 0 Å². The number of hydrogen-bond donors (Lipinski definition) is 2. The van der Waals surface area contributed by atoms with Crippen molar-refractivity contribution in [1.29, 1.82) is 0 Å². The Morgan fingerprint density at radius 2 is 1.69 bits per heavy atom. The summed E-state index contributed by atoms with van der Waals surface area (Å²) < 4.78 is 10.7. The molecule has 1 atom stereocenters. The zero-order chi connectivity index (χ0) is 25.1. The highest BCUT2D eigenvalue weighted by Gasteiger charge is 2.28. The van der Waals surface area contributed by atoms with Gasteiger partial charge in [-0.15, -0.1) is 0 Å². The quantitative estimate of drug-likeness (QED) is 0.500. The average molecular weight is 487 g/mol. The standard InChI is InChI=1S/C28H30N4O4/c1-31(2)22-10-8-21(9-11-22)24(32-14-13-20-5-3-4-6-23(20)32)17-30-28(34)27(33)29-16-19-7-12-25-26(15-19)36-18-35-25/h3-12,15,24H,13-14,16-18H2,1-2H3,(H,29,33)(H,30,34). The van der Waals surface area contributed by atoms with Crippen molar-refractivity contribution in [3.05, 3.63) is 83.4 Å². The number of hydrogen-bond acceptors (Lipinski definition) is 6. The molecule has 0 radical (unpaired) electrons. The summed E-state index contributed by atoms with van der Waals surface area (Å²) in [5, 5.41) is 5.55. The van der Waals surface area contributed by atoms with Crippen LogP contribution < -0.4 is 29.9 Å². The monoisotopic (exact) mass is 486 g/mol. The number of para-hydroxylation sites is 1. The molecule has 0 aliphatic carbocycles. The lowest BCUT2D eigenvalue weighted by Gasteiger charge is -2.31. The molecule has 0 aromatic heterocycles. The predicted octanol–water partition coefficient (Wildman–Crippen LogP) is 3.02. The highest BCUT2D eigenvalue weighted by Crippen LogP contribution is 2.35. The Morgan fingerprint density at radius 1 is 0.944 bits per heavy atom. The maximum Gasteiger partial charge on any atom is 0.309 e. The summed E-state index contributed by atoms with van der Waals surface area (Å²) in [6, 6.07) is 22.0. The van der Waals surface area contributed by atoms with Gasteiger partial charge in [0.1, 0.15) is 0 Å². The second-order valence-corrected chi connectivity index (χ2v) is 9.15. The Labute approximate surface area is 210 Å². The van der Waals surface area contributed by atoms with Gasteiger partial charge in [-0.2, -0.15) is 0 Å². The van der Waals surface area contributed by atoms with Crippen LogP contribution >= 0.6 is 0 Å². The SMILES string of the molecule is CN(C)c1ccc(C(CNC(=O)C(=O)NCc2ccc3c(c2)OCO3)N2CCc3ccccc32)cc1. The molecule has 8 heteroatoms. The zero-order valence-electron chi connectivity index (χ0n) is 20.5. The number of rotatable bonds is 7.